The minimum absolute atomic E-state index is 0.0469. The molecular formula is C17H28N6O2. The van der Waals surface area contributed by atoms with Crippen LogP contribution in [-0.4, -0.2) is 47.1 Å². The van der Waals surface area contributed by atoms with E-state index in [1.807, 2.05) is 33.8 Å². The average Bonchev–Trinajstić information content (AvgIpc) is 2.51. The fourth-order valence-electron chi connectivity index (χ4n) is 3.05. The van der Waals surface area contributed by atoms with Gasteiger partial charge in [0, 0.05) is 30.9 Å². The molecule has 8 nitrogen and oxygen atoms in total. The van der Waals surface area contributed by atoms with Gasteiger partial charge in [-0.05, 0) is 32.6 Å². The molecule has 1 saturated heterocycles. The summed E-state index contributed by atoms with van der Waals surface area (Å²) in [5.74, 6) is 1.13. The molecule has 0 saturated carbocycles. The highest BCUT2D eigenvalue weighted by Crippen LogP contribution is 2.18. The van der Waals surface area contributed by atoms with Crippen LogP contribution in [0, 0.1) is 19.8 Å². The van der Waals surface area contributed by atoms with Gasteiger partial charge in [0.2, 0.25) is 5.91 Å². The van der Waals surface area contributed by atoms with Gasteiger partial charge in [-0.25, -0.2) is 14.8 Å². The van der Waals surface area contributed by atoms with Gasteiger partial charge in [-0.15, -0.1) is 0 Å². The predicted octanol–water partition coefficient (Wildman–Crippen LogP) is 0.871. The molecule has 0 aromatic carbocycles. The lowest BCUT2D eigenvalue weighted by Crippen LogP contribution is -2.54. The number of carbonyl (C=O) groups is 2. The molecule has 2 heterocycles. The van der Waals surface area contributed by atoms with Gasteiger partial charge in [0.05, 0.1) is 0 Å². The van der Waals surface area contributed by atoms with Crippen LogP contribution in [0.5, 0.6) is 0 Å². The number of rotatable bonds is 5. The molecule has 0 radical (unpaired) electrons. The molecule has 1 aliphatic heterocycles. The Kier molecular flexibility index (Phi) is 6.17. The molecule has 2 rings (SSSR count). The predicted molar refractivity (Wildman–Crippen MR) is 96.2 cm³/mol. The maximum Gasteiger partial charge on any atom is 0.315 e. The molecule has 0 bridgehead atoms. The van der Waals surface area contributed by atoms with Crippen molar-refractivity contribution in [1.29, 1.82) is 0 Å². The van der Waals surface area contributed by atoms with Crippen LogP contribution >= 0.6 is 0 Å². The first-order valence-electron chi connectivity index (χ1n) is 8.70. The van der Waals surface area contributed by atoms with Crippen LogP contribution in [-0.2, 0) is 4.79 Å². The number of carbonyl (C=O) groups excluding carboxylic acids is 2. The Labute approximate surface area is 148 Å². The molecule has 1 aromatic heterocycles. The number of hydrogen-bond acceptors (Lipinski definition) is 5. The summed E-state index contributed by atoms with van der Waals surface area (Å²) in [7, 11) is 0. The molecule has 8 heteroatoms. The lowest BCUT2D eigenvalue weighted by atomic mass is 10.0. The summed E-state index contributed by atoms with van der Waals surface area (Å²) in [4.78, 5) is 34.5. The zero-order chi connectivity index (χ0) is 18.6. The highest BCUT2D eigenvalue weighted by atomic mass is 16.2. The van der Waals surface area contributed by atoms with Crippen molar-refractivity contribution >= 4 is 17.8 Å². The van der Waals surface area contributed by atoms with Crippen molar-refractivity contribution in [3.05, 3.63) is 17.6 Å². The van der Waals surface area contributed by atoms with Gasteiger partial charge < -0.3 is 21.3 Å². The largest absolute Gasteiger partial charge is 0.368 e. The quantitative estimate of drug-likeness (QED) is 0.731. The first-order chi connectivity index (χ1) is 11.8. The van der Waals surface area contributed by atoms with Crippen molar-refractivity contribution < 1.29 is 9.59 Å². The van der Waals surface area contributed by atoms with Gasteiger partial charge in [-0.3, -0.25) is 4.79 Å². The van der Waals surface area contributed by atoms with E-state index in [-0.39, 0.29) is 18.0 Å². The highest BCUT2D eigenvalue weighted by Gasteiger charge is 2.25. The summed E-state index contributed by atoms with van der Waals surface area (Å²) in [5, 5.41) is 5.60. The second kappa shape index (κ2) is 8.13. The molecule has 0 spiro atoms. The highest BCUT2D eigenvalue weighted by molar-refractivity contribution is 5.86. The second-order valence-corrected chi connectivity index (χ2v) is 6.92. The number of nitrogens with zero attached hydrogens (tertiary/aromatic N) is 3. The molecule has 0 aliphatic carbocycles. The third-order valence-electron chi connectivity index (χ3n) is 4.37. The Balaban J connectivity index is 1.85. The summed E-state index contributed by atoms with van der Waals surface area (Å²) in [6, 6.07) is 1.05. The van der Waals surface area contributed by atoms with Crippen molar-refractivity contribution in [2.24, 2.45) is 11.7 Å². The number of hydrogen-bond donors (Lipinski definition) is 3. The fourth-order valence-corrected chi connectivity index (χ4v) is 3.05. The van der Waals surface area contributed by atoms with Crippen LogP contribution in [0.4, 0.5) is 10.6 Å². The van der Waals surface area contributed by atoms with Gasteiger partial charge in [-0.2, -0.15) is 0 Å². The summed E-state index contributed by atoms with van der Waals surface area (Å²) in [6.07, 6.45) is 1.64. The first-order valence-corrected chi connectivity index (χ1v) is 8.70. The van der Waals surface area contributed by atoms with E-state index in [9.17, 15) is 9.59 Å². The van der Waals surface area contributed by atoms with Crippen molar-refractivity contribution in [2.75, 3.05) is 18.0 Å². The van der Waals surface area contributed by atoms with Crippen LogP contribution in [0.2, 0.25) is 0 Å². The maximum absolute atomic E-state index is 12.1. The fraction of sp³-hybridized carbons (Fsp3) is 0.647. The number of anilines is 1. The molecule has 1 fully saturated rings. The van der Waals surface area contributed by atoms with E-state index in [2.05, 4.69) is 25.5 Å². The molecular weight excluding hydrogens is 320 g/mol. The number of primary amides is 1. The molecule has 3 amide bonds. The topological polar surface area (TPSA) is 113 Å². The Morgan fingerprint density at radius 3 is 2.40 bits per heavy atom. The van der Waals surface area contributed by atoms with Crippen LogP contribution < -0.4 is 21.3 Å². The van der Waals surface area contributed by atoms with E-state index in [1.54, 1.807) is 0 Å². The average molecular weight is 348 g/mol. The van der Waals surface area contributed by atoms with Crippen molar-refractivity contribution in [1.82, 2.24) is 20.6 Å². The lowest BCUT2D eigenvalue weighted by molar-refractivity contribution is -0.120. The standard InChI is InChI=1S/C17H28N6O2/c1-10(2)15(16(18)24)22-17(25)21-13-5-7-23(8-6-13)14-9-11(3)19-12(4)20-14/h9-10,13,15H,5-8H2,1-4H3,(H2,18,24)(H2,21,22,25)/t15-/m0/s1. The zero-order valence-corrected chi connectivity index (χ0v) is 15.4. The summed E-state index contributed by atoms with van der Waals surface area (Å²) in [6.45, 7) is 9.16. The van der Waals surface area contributed by atoms with E-state index in [0.717, 1.165) is 43.3 Å². The SMILES string of the molecule is Cc1cc(N2CCC(NC(=O)N[C@H](C(N)=O)C(C)C)CC2)nc(C)n1. The van der Waals surface area contributed by atoms with Gasteiger partial charge in [-0.1, -0.05) is 13.8 Å². The summed E-state index contributed by atoms with van der Waals surface area (Å²) >= 11 is 0. The third-order valence-corrected chi connectivity index (χ3v) is 4.37. The van der Waals surface area contributed by atoms with Crippen LogP contribution in [0.15, 0.2) is 6.07 Å². The number of aromatic nitrogens is 2. The van der Waals surface area contributed by atoms with E-state index in [4.69, 9.17) is 5.73 Å². The second-order valence-electron chi connectivity index (χ2n) is 6.92. The third kappa shape index (κ3) is 5.30. The molecule has 1 aliphatic rings. The number of piperidine rings is 1. The number of urea groups is 1. The number of amides is 3. The molecule has 0 unspecified atom stereocenters. The van der Waals surface area contributed by atoms with Gasteiger partial charge in [0.15, 0.2) is 0 Å². The maximum atomic E-state index is 12.1. The van der Waals surface area contributed by atoms with E-state index in [1.165, 1.54) is 0 Å². The summed E-state index contributed by atoms with van der Waals surface area (Å²) in [5.41, 5.74) is 6.28. The summed E-state index contributed by atoms with van der Waals surface area (Å²) < 4.78 is 0. The monoisotopic (exact) mass is 348 g/mol. The van der Waals surface area contributed by atoms with Crippen LogP contribution in [0.1, 0.15) is 38.2 Å². The number of nitrogens with two attached hydrogens (primary N) is 1. The van der Waals surface area contributed by atoms with Gasteiger partial charge >= 0.3 is 6.03 Å². The molecule has 138 valence electrons. The molecule has 25 heavy (non-hydrogen) atoms. The van der Waals surface area contributed by atoms with E-state index in [0.29, 0.717) is 0 Å². The molecule has 4 N–H and O–H groups in total. The Bertz CT molecular complexity index is 605. The first kappa shape index (κ1) is 19.0. The Morgan fingerprint density at radius 1 is 1.24 bits per heavy atom. The van der Waals surface area contributed by atoms with Crippen molar-refractivity contribution in [3.8, 4) is 0 Å². The Hall–Kier alpha value is -2.38. The van der Waals surface area contributed by atoms with Crippen molar-refractivity contribution in [3.63, 3.8) is 0 Å². The molecule has 1 aromatic rings. The normalized spacial score (nSPS) is 16.6. The zero-order valence-electron chi connectivity index (χ0n) is 15.4. The minimum Gasteiger partial charge on any atom is -0.368 e. The van der Waals surface area contributed by atoms with Crippen LogP contribution in [0.25, 0.3) is 0 Å². The minimum atomic E-state index is -0.660. The number of aryl methyl sites for hydroxylation is 2. The van der Waals surface area contributed by atoms with Crippen LogP contribution in [0.3, 0.4) is 0 Å². The Morgan fingerprint density at radius 2 is 1.88 bits per heavy atom. The van der Waals surface area contributed by atoms with Gasteiger partial charge in [0.25, 0.3) is 0 Å². The molecule has 1 atom stereocenters. The lowest BCUT2D eigenvalue weighted by Gasteiger charge is -2.33. The number of nitrogens with one attached hydrogen (secondary N) is 2. The van der Waals surface area contributed by atoms with E-state index >= 15 is 0 Å². The van der Waals surface area contributed by atoms with Gasteiger partial charge in [0.1, 0.15) is 17.7 Å². The smallest absolute Gasteiger partial charge is 0.315 e. The van der Waals surface area contributed by atoms with E-state index < -0.39 is 11.9 Å². The van der Waals surface area contributed by atoms with Crippen molar-refractivity contribution in [2.45, 2.75) is 52.6 Å².